The molecule has 1 fully saturated rings. The summed E-state index contributed by atoms with van der Waals surface area (Å²) in [5.74, 6) is 1.49. The number of hydrogen-bond donors (Lipinski definition) is 1. The lowest BCUT2D eigenvalue weighted by molar-refractivity contribution is 0.282. The minimum atomic E-state index is -0.280. The van der Waals surface area contributed by atoms with Crippen LogP contribution in [-0.4, -0.2) is 14.2 Å². The fraction of sp³-hybridized carbons (Fsp3) is 0.571. The molecule has 0 spiro atoms. The third-order valence-electron chi connectivity index (χ3n) is 3.75. The minimum absolute atomic E-state index is 0.280. The molecule has 4 heteroatoms. The van der Waals surface area contributed by atoms with Crippen molar-refractivity contribution in [3.05, 3.63) is 22.2 Å². The van der Waals surface area contributed by atoms with Gasteiger partial charge in [0, 0.05) is 11.1 Å². The largest absolute Gasteiger partial charge is 0.492 e. The SMILES string of the molecule is COc1c(Br)ccc(C2(N)CCCCC2)c1OC. The highest BCUT2D eigenvalue weighted by molar-refractivity contribution is 9.10. The predicted octanol–water partition coefficient (Wildman–Crippen LogP) is 3.58. The second kappa shape index (κ2) is 5.49. The molecule has 1 aliphatic carbocycles. The predicted molar refractivity (Wildman–Crippen MR) is 76.2 cm³/mol. The molecule has 0 unspecified atom stereocenters. The van der Waals surface area contributed by atoms with Crippen molar-refractivity contribution in [2.45, 2.75) is 37.6 Å². The van der Waals surface area contributed by atoms with E-state index in [2.05, 4.69) is 22.0 Å². The van der Waals surface area contributed by atoms with Crippen molar-refractivity contribution in [3.8, 4) is 11.5 Å². The Bertz CT molecular complexity index is 428. The first-order valence-electron chi connectivity index (χ1n) is 6.32. The van der Waals surface area contributed by atoms with Crippen LogP contribution in [0.1, 0.15) is 37.7 Å². The fourth-order valence-corrected chi connectivity index (χ4v) is 3.25. The number of halogens is 1. The standard InChI is InChI=1S/C14H20BrNO2/c1-17-12-10(6-7-11(15)13(12)18-2)14(16)8-4-3-5-9-14/h6-7H,3-5,8-9,16H2,1-2H3. The summed E-state index contributed by atoms with van der Waals surface area (Å²) in [7, 11) is 3.32. The first-order chi connectivity index (χ1) is 8.62. The third kappa shape index (κ3) is 2.36. The molecule has 2 rings (SSSR count). The van der Waals surface area contributed by atoms with Gasteiger partial charge in [-0.1, -0.05) is 25.3 Å². The van der Waals surface area contributed by atoms with E-state index >= 15 is 0 Å². The summed E-state index contributed by atoms with van der Waals surface area (Å²) in [6.45, 7) is 0. The van der Waals surface area contributed by atoms with Gasteiger partial charge < -0.3 is 15.2 Å². The molecule has 100 valence electrons. The van der Waals surface area contributed by atoms with Crippen molar-refractivity contribution in [2.24, 2.45) is 5.73 Å². The van der Waals surface area contributed by atoms with Gasteiger partial charge in [0.05, 0.1) is 18.7 Å². The van der Waals surface area contributed by atoms with Crippen LogP contribution in [0.4, 0.5) is 0 Å². The Hall–Kier alpha value is -0.740. The van der Waals surface area contributed by atoms with Gasteiger partial charge in [0.25, 0.3) is 0 Å². The normalized spacial score (nSPS) is 18.4. The van der Waals surface area contributed by atoms with Crippen LogP contribution >= 0.6 is 15.9 Å². The van der Waals surface area contributed by atoms with Crippen LogP contribution in [0.3, 0.4) is 0 Å². The smallest absolute Gasteiger partial charge is 0.175 e. The number of hydrogen-bond acceptors (Lipinski definition) is 3. The van der Waals surface area contributed by atoms with Crippen molar-refractivity contribution in [1.82, 2.24) is 0 Å². The summed E-state index contributed by atoms with van der Waals surface area (Å²) in [5, 5.41) is 0. The highest BCUT2D eigenvalue weighted by Gasteiger charge is 2.33. The van der Waals surface area contributed by atoms with Crippen molar-refractivity contribution in [1.29, 1.82) is 0 Å². The van der Waals surface area contributed by atoms with E-state index in [1.54, 1.807) is 14.2 Å². The van der Waals surface area contributed by atoms with E-state index in [0.29, 0.717) is 0 Å². The van der Waals surface area contributed by atoms with Crippen molar-refractivity contribution in [2.75, 3.05) is 14.2 Å². The number of methoxy groups -OCH3 is 2. The monoisotopic (exact) mass is 313 g/mol. The van der Waals surface area contributed by atoms with Crippen LogP contribution in [0.25, 0.3) is 0 Å². The quantitative estimate of drug-likeness (QED) is 0.927. The molecule has 18 heavy (non-hydrogen) atoms. The lowest BCUT2D eigenvalue weighted by Crippen LogP contribution is -2.39. The van der Waals surface area contributed by atoms with Crippen LogP contribution in [0.5, 0.6) is 11.5 Å². The maximum atomic E-state index is 6.58. The Balaban J connectivity index is 2.49. The van der Waals surface area contributed by atoms with E-state index in [1.807, 2.05) is 6.07 Å². The maximum Gasteiger partial charge on any atom is 0.175 e. The molecule has 1 aromatic carbocycles. The topological polar surface area (TPSA) is 44.5 Å². The fourth-order valence-electron chi connectivity index (χ4n) is 2.78. The summed E-state index contributed by atoms with van der Waals surface area (Å²) in [6.07, 6.45) is 5.65. The molecule has 1 aliphatic rings. The second-order valence-electron chi connectivity index (χ2n) is 4.88. The van der Waals surface area contributed by atoms with Crippen molar-refractivity contribution in [3.63, 3.8) is 0 Å². The molecule has 0 radical (unpaired) electrons. The van der Waals surface area contributed by atoms with Gasteiger partial charge in [-0.3, -0.25) is 0 Å². The van der Waals surface area contributed by atoms with Gasteiger partial charge in [-0.2, -0.15) is 0 Å². The molecule has 0 aromatic heterocycles. The van der Waals surface area contributed by atoms with Crippen molar-refractivity contribution < 1.29 is 9.47 Å². The molecular weight excluding hydrogens is 294 g/mol. The molecule has 2 N–H and O–H groups in total. The molecule has 0 amide bonds. The number of nitrogens with two attached hydrogens (primary N) is 1. The lowest BCUT2D eigenvalue weighted by atomic mass is 9.77. The van der Waals surface area contributed by atoms with E-state index in [1.165, 1.54) is 19.3 Å². The Morgan fingerprint density at radius 1 is 1.06 bits per heavy atom. The van der Waals surface area contributed by atoms with Crippen LogP contribution in [0, 0.1) is 0 Å². The number of rotatable bonds is 3. The summed E-state index contributed by atoms with van der Waals surface area (Å²) in [4.78, 5) is 0. The van der Waals surface area contributed by atoms with E-state index in [-0.39, 0.29) is 5.54 Å². The highest BCUT2D eigenvalue weighted by atomic mass is 79.9. The Morgan fingerprint density at radius 2 is 1.67 bits per heavy atom. The van der Waals surface area contributed by atoms with Gasteiger partial charge in [0.15, 0.2) is 11.5 Å². The zero-order valence-electron chi connectivity index (χ0n) is 11.0. The minimum Gasteiger partial charge on any atom is -0.492 e. The molecule has 1 saturated carbocycles. The van der Waals surface area contributed by atoms with Crippen LogP contribution in [0.2, 0.25) is 0 Å². The molecular formula is C14H20BrNO2. The molecule has 1 aromatic rings. The maximum absolute atomic E-state index is 6.58. The van der Waals surface area contributed by atoms with Gasteiger partial charge >= 0.3 is 0 Å². The zero-order valence-corrected chi connectivity index (χ0v) is 12.5. The first-order valence-corrected chi connectivity index (χ1v) is 7.11. The third-order valence-corrected chi connectivity index (χ3v) is 4.38. The number of ether oxygens (including phenoxy) is 2. The summed E-state index contributed by atoms with van der Waals surface area (Å²) < 4.78 is 11.8. The van der Waals surface area contributed by atoms with Crippen LogP contribution in [0.15, 0.2) is 16.6 Å². The average Bonchev–Trinajstić information content (AvgIpc) is 2.38. The average molecular weight is 314 g/mol. The van der Waals surface area contributed by atoms with Crippen LogP contribution in [-0.2, 0) is 5.54 Å². The van der Waals surface area contributed by atoms with Crippen LogP contribution < -0.4 is 15.2 Å². The van der Waals surface area contributed by atoms with E-state index in [9.17, 15) is 0 Å². The summed E-state index contributed by atoms with van der Waals surface area (Å²) in [6, 6.07) is 4.04. The summed E-state index contributed by atoms with van der Waals surface area (Å²) in [5.41, 5.74) is 7.36. The van der Waals surface area contributed by atoms with Gasteiger partial charge in [-0.25, -0.2) is 0 Å². The van der Waals surface area contributed by atoms with Gasteiger partial charge in [-0.05, 0) is 34.8 Å². The lowest BCUT2D eigenvalue weighted by Gasteiger charge is -2.35. The van der Waals surface area contributed by atoms with E-state index in [0.717, 1.165) is 34.4 Å². The zero-order chi connectivity index (χ0) is 13.2. The molecule has 0 aliphatic heterocycles. The van der Waals surface area contributed by atoms with Crippen molar-refractivity contribution >= 4 is 15.9 Å². The first kappa shape index (κ1) is 13.7. The Kier molecular flexibility index (Phi) is 4.17. The Morgan fingerprint density at radius 3 is 2.22 bits per heavy atom. The molecule has 0 atom stereocenters. The van der Waals surface area contributed by atoms with Gasteiger partial charge in [0.2, 0.25) is 0 Å². The molecule has 0 bridgehead atoms. The second-order valence-corrected chi connectivity index (χ2v) is 5.73. The number of benzene rings is 1. The highest BCUT2D eigenvalue weighted by Crippen LogP contribution is 2.45. The molecule has 0 heterocycles. The molecule has 3 nitrogen and oxygen atoms in total. The Labute approximate surface area is 117 Å². The van der Waals surface area contributed by atoms with Gasteiger partial charge in [-0.15, -0.1) is 0 Å². The van der Waals surface area contributed by atoms with Gasteiger partial charge in [0.1, 0.15) is 0 Å². The molecule has 0 saturated heterocycles. The van der Waals surface area contributed by atoms with E-state index in [4.69, 9.17) is 15.2 Å². The summed E-state index contributed by atoms with van der Waals surface area (Å²) >= 11 is 3.48. The van der Waals surface area contributed by atoms with E-state index < -0.39 is 0 Å².